The van der Waals surface area contributed by atoms with Crippen LogP contribution in [0.3, 0.4) is 0 Å². The van der Waals surface area contributed by atoms with Gasteiger partial charge in [0.25, 0.3) is 5.91 Å². The van der Waals surface area contributed by atoms with Crippen molar-refractivity contribution in [1.82, 2.24) is 0 Å². The number of aryl methyl sites for hydroxylation is 1. The zero-order valence-corrected chi connectivity index (χ0v) is 18.1. The van der Waals surface area contributed by atoms with Gasteiger partial charge < -0.3 is 14.8 Å². The second kappa shape index (κ2) is 9.11. The topological polar surface area (TPSA) is 47.6 Å². The maximum Gasteiger partial charge on any atom is 0.255 e. The fraction of sp³-hybridized carbons (Fsp3) is 0.115. The molecule has 0 fully saturated rings. The number of carbonyl (C=O) groups excluding carboxylic acids is 1. The molecule has 4 nitrogen and oxygen atoms in total. The number of ether oxygens (including phenoxy) is 2. The number of carbonyl (C=O) groups is 1. The van der Waals surface area contributed by atoms with Gasteiger partial charge in [0.05, 0.1) is 7.11 Å². The molecule has 4 rings (SSSR count). The van der Waals surface area contributed by atoms with Crippen molar-refractivity contribution < 1.29 is 14.3 Å². The summed E-state index contributed by atoms with van der Waals surface area (Å²) in [4.78, 5) is 12.8. The van der Waals surface area contributed by atoms with Gasteiger partial charge in [-0.2, -0.15) is 0 Å². The van der Waals surface area contributed by atoms with Crippen molar-refractivity contribution in [3.05, 3.63) is 101 Å². The Kier molecular flexibility index (Phi) is 6.10. The Labute approximate surface area is 186 Å². The minimum atomic E-state index is -0.222. The molecule has 0 heterocycles. The fourth-order valence-corrected chi connectivity index (χ4v) is 3.55. The average molecular weight is 432 g/mol. The Morgan fingerprint density at radius 2 is 1.74 bits per heavy atom. The predicted octanol–water partition coefficient (Wildman–Crippen LogP) is 6.64. The molecular weight excluding hydrogens is 410 g/mol. The van der Waals surface area contributed by atoms with Crippen LogP contribution in [0.2, 0.25) is 5.02 Å². The number of rotatable bonds is 6. The van der Waals surface area contributed by atoms with Crippen LogP contribution in [-0.2, 0) is 6.61 Å². The lowest BCUT2D eigenvalue weighted by Crippen LogP contribution is -2.13. The molecule has 0 aromatic heterocycles. The maximum absolute atomic E-state index is 12.8. The number of halogens is 1. The summed E-state index contributed by atoms with van der Waals surface area (Å²) in [7, 11) is 1.60. The van der Waals surface area contributed by atoms with Crippen molar-refractivity contribution in [2.24, 2.45) is 0 Å². The first-order chi connectivity index (χ1) is 15.0. The molecule has 0 bridgehead atoms. The lowest BCUT2D eigenvalue weighted by molar-refractivity contribution is 0.102. The lowest BCUT2D eigenvalue weighted by Gasteiger charge is -2.13. The third kappa shape index (κ3) is 4.81. The number of fused-ring (bicyclic) bond motifs is 1. The molecule has 1 amide bonds. The van der Waals surface area contributed by atoms with Gasteiger partial charge in [0.1, 0.15) is 18.1 Å². The molecule has 1 N–H and O–H groups in total. The van der Waals surface area contributed by atoms with Crippen LogP contribution in [0.4, 0.5) is 5.69 Å². The molecular formula is C26H22ClNO3. The molecule has 0 unspecified atom stereocenters. The molecule has 4 aromatic rings. The monoisotopic (exact) mass is 431 g/mol. The Morgan fingerprint density at radius 1 is 0.935 bits per heavy atom. The normalized spacial score (nSPS) is 10.7. The van der Waals surface area contributed by atoms with Crippen molar-refractivity contribution in [2.45, 2.75) is 13.5 Å². The van der Waals surface area contributed by atoms with Crippen LogP contribution in [0.1, 0.15) is 21.5 Å². The number of nitrogens with one attached hydrogen (secondary N) is 1. The molecule has 0 spiro atoms. The molecule has 31 heavy (non-hydrogen) atoms. The highest BCUT2D eigenvalue weighted by molar-refractivity contribution is 6.31. The number of anilines is 1. The van der Waals surface area contributed by atoms with Gasteiger partial charge in [-0.05, 0) is 65.7 Å². The molecule has 0 aliphatic carbocycles. The van der Waals surface area contributed by atoms with Crippen LogP contribution in [0, 0.1) is 6.92 Å². The highest BCUT2D eigenvalue weighted by atomic mass is 35.5. The molecule has 0 aliphatic heterocycles. The van der Waals surface area contributed by atoms with Gasteiger partial charge in [0.15, 0.2) is 0 Å². The van der Waals surface area contributed by atoms with Gasteiger partial charge in [0, 0.05) is 21.8 Å². The van der Waals surface area contributed by atoms with Crippen molar-refractivity contribution >= 4 is 34.0 Å². The number of hydrogen-bond donors (Lipinski definition) is 1. The summed E-state index contributed by atoms with van der Waals surface area (Å²) in [6, 6.07) is 24.8. The highest BCUT2D eigenvalue weighted by Gasteiger charge is 2.13. The minimum Gasteiger partial charge on any atom is -0.496 e. The Balaban J connectivity index is 1.53. The Morgan fingerprint density at radius 3 is 2.55 bits per heavy atom. The number of benzene rings is 4. The van der Waals surface area contributed by atoms with Crippen LogP contribution in [0.15, 0.2) is 78.9 Å². The van der Waals surface area contributed by atoms with E-state index in [2.05, 4.69) is 11.4 Å². The van der Waals surface area contributed by atoms with Crippen molar-refractivity contribution in [1.29, 1.82) is 0 Å². The fourth-order valence-electron chi connectivity index (χ4n) is 3.37. The van der Waals surface area contributed by atoms with E-state index in [-0.39, 0.29) is 12.5 Å². The summed E-state index contributed by atoms with van der Waals surface area (Å²) in [6.07, 6.45) is 0. The summed E-state index contributed by atoms with van der Waals surface area (Å²) in [5.74, 6) is 1.20. The van der Waals surface area contributed by atoms with E-state index < -0.39 is 0 Å². The van der Waals surface area contributed by atoms with Gasteiger partial charge in [-0.3, -0.25) is 4.79 Å². The second-order valence-corrected chi connectivity index (χ2v) is 7.67. The Bertz CT molecular complexity index is 1250. The van der Waals surface area contributed by atoms with E-state index in [4.69, 9.17) is 21.1 Å². The summed E-state index contributed by atoms with van der Waals surface area (Å²) >= 11 is 6.06. The summed E-state index contributed by atoms with van der Waals surface area (Å²) in [5, 5.41) is 5.75. The molecule has 156 valence electrons. The van der Waals surface area contributed by atoms with Crippen LogP contribution in [-0.4, -0.2) is 13.0 Å². The van der Waals surface area contributed by atoms with Crippen LogP contribution in [0.25, 0.3) is 10.8 Å². The SMILES string of the molecule is COc1ccc(C(=O)Nc2cc(Cl)ccc2C)cc1COc1ccc2ccccc2c1. The minimum absolute atomic E-state index is 0.222. The third-order valence-electron chi connectivity index (χ3n) is 5.11. The average Bonchev–Trinajstić information content (AvgIpc) is 2.79. The van der Waals surface area contributed by atoms with E-state index in [1.54, 1.807) is 37.4 Å². The van der Waals surface area contributed by atoms with E-state index in [0.29, 0.717) is 22.0 Å². The van der Waals surface area contributed by atoms with Gasteiger partial charge in [-0.1, -0.05) is 48.0 Å². The largest absolute Gasteiger partial charge is 0.496 e. The van der Waals surface area contributed by atoms with Gasteiger partial charge in [0.2, 0.25) is 0 Å². The molecule has 0 radical (unpaired) electrons. The van der Waals surface area contributed by atoms with E-state index in [0.717, 1.165) is 27.6 Å². The highest BCUT2D eigenvalue weighted by Crippen LogP contribution is 2.26. The van der Waals surface area contributed by atoms with Crippen molar-refractivity contribution in [3.8, 4) is 11.5 Å². The molecule has 5 heteroatoms. The molecule has 0 atom stereocenters. The Hall–Kier alpha value is -3.50. The smallest absolute Gasteiger partial charge is 0.255 e. The molecule has 0 saturated heterocycles. The molecule has 0 aliphatic rings. The van der Waals surface area contributed by atoms with E-state index in [1.165, 1.54) is 0 Å². The first-order valence-corrected chi connectivity index (χ1v) is 10.3. The third-order valence-corrected chi connectivity index (χ3v) is 5.34. The molecule has 0 saturated carbocycles. The second-order valence-electron chi connectivity index (χ2n) is 7.24. The number of hydrogen-bond acceptors (Lipinski definition) is 3. The maximum atomic E-state index is 12.8. The van der Waals surface area contributed by atoms with Crippen molar-refractivity contribution in [3.63, 3.8) is 0 Å². The first-order valence-electron chi connectivity index (χ1n) is 9.89. The lowest BCUT2D eigenvalue weighted by atomic mass is 10.1. The van der Waals surface area contributed by atoms with Crippen LogP contribution >= 0.6 is 11.6 Å². The van der Waals surface area contributed by atoms with E-state index in [1.807, 2.05) is 49.4 Å². The standard InChI is InChI=1S/C26H22ClNO3/c1-17-7-10-22(27)15-24(17)28-26(29)20-9-12-25(30-2)21(13-20)16-31-23-11-8-18-5-3-4-6-19(18)14-23/h3-15H,16H2,1-2H3,(H,28,29). The zero-order chi connectivity index (χ0) is 21.8. The quantitative estimate of drug-likeness (QED) is 0.372. The van der Waals surface area contributed by atoms with E-state index >= 15 is 0 Å². The number of amides is 1. The van der Waals surface area contributed by atoms with Crippen molar-refractivity contribution in [2.75, 3.05) is 12.4 Å². The van der Waals surface area contributed by atoms with Gasteiger partial charge in [-0.15, -0.1) is 0 Å². The van der Waals surface area contributed by atoms with Crippen LogP contribution < -0.4 is 14.8 Å². The zero-order valence-electron chi connectivity index (χ0n) is 17.3. The first kappa shape index (κ1) is 20.8. The summed E-state index contributed by atoms with van der Waals surface area (Å²) in [5.41, 5.74) is 2.91. The summed E-state index contributed by atoms with van der Waals surface area (Å²) < 4.78 is 11.5. The molecule has 4 aromatic carbocycles. The predicted molar refractivity (Wildman–Crippen MR) is 125 cm³/mol. The summed E-state index contributed by atoms with van der Waals surface area (Å²) in [6.45, 7) is 2.20. The van der Waals surface area contributed by atoms with Gasteiger partial charge in [-0.25, -0.2) is 0 Å². The van der Waals surface area contributed by atoms with Crippen LogP contribution in [0.5, 0.6) is 11.5 Å². The van der Waals surface area contributed by atoms with Gasteiger partial charge >= 0.3 is 0 Å². The number of methoxy groups -OCH3 is 1. The van der Waals surface area contributed by atoms with E-state index in [9.17, 15) is 4.79 Å².